The zero-order valence-corrected chi connectivity index (χ0v) is 10.6. The van der Waals surface area contributed by atoms with E-state index in [4.69, 9.17) is 17.3 Å². The highest BCUT2D eigenvalue weighted by molar-refractivity contribution is 7.09. The molecule has 0 bridgehead atoms. The Bertz CT molecular complexity index is 568. The molecule has 0 saturated heterocycles. The van der Waals surface area contributed by atoms with E-state index in [1.165, 1.54) is 11.3 Å². The van der Waals surface area contributed by atoms with E-state index in [0.717, 1.165) is 5.01 Å². The second kappa shape index (κ2) is 4.73. The molecule has 1 amide bonds. The van der Waals surface area contributed by atoms with Crippen molar-refractivity contribution in [3.05, 3.63) is 39.3 Å². The summed E-state index contributed by atoms with van der Waals surface area (Å²) in [6.45, 7) is 1.84. The van der Waals surface area contributed by atoms with Gasteiger partial charge in [0.1, 0.15) is 5.69 Å². The number of aryl methyl sites for hydroxylation is 1. The average molecular weight is 268 g/mol. The number of hydrogen-bond donors (Lipinski definition) is 2. The fourth-order valence-corrected chi connectivity index (χ4v) is 2.12. The van der Waals surface area contributed by atoms with Gasteiger partial charge >= 0.3 is 0 Å². The number of hydrogen-bond acceptors (Lipinski definition) is 4. The molecule has 17 heavy (non-hydrogen) atoms. The van der Waals surface area contributed by atoms with Gasteiger partial charge in [-0.1, -0.05) is 11.6 Å². The predicted octanol–water partition coefficient (Wildman–Crippen LogP) is 2.94. The second-order valence-electron chi connectivity index (χ2n) is 3.45. The number of nitrogens with zero attached hydrogens (tertiary/aromatic N) is 1. The van der Waals surface area contributed by atoms with Crippen molar-refractivity contribution in [1.82, 2.24) is 4.98 Å². The van der Waals surface area contributed by atoms with Gasteiger partial charge in [-0.15, -0.1) is 11.3 Å². The van der Waals surface area contributed by atoms with Crippen LogP contribution in [0.25, 0.3) is 0 Å². The number of thiazole rings is 1. The molecule has 2 rings (SSSR count). The zero-order valence-electron chi connectivity index (χ0n) is 9.03. The number of carbonyl (C=O) groups is 1. The van der Waals surface area contributed by atoms with Crippen molar-refractivity contribution in [3.63, 3.8) is 0 Å². The highest BCUT2D eigenvalue weighted by Crippen LogP contribution is 2.24. The molecule has 0 saturated carbocycles. The lowest BCUT2D eigenvalue weighted by Gasteiger charge is -2.06. The van der Waals surface area contributed by atoms with Crippen LogP contribution in [0.4, 0.5) is 11.4 Å². The summed E-state index contributed by atoms with van der Waals surface area (Å²) in [4.78, 5) is 15.9. The molecule has 88 valence electrons. The van der Waals surface area contributed by atoms with Crippen LogP contribution in [0.15, 0.2) is 23.6 Å². The van der Waals surface area contributed by atoms with Crippen molar-refractivity contribution >= 4 is 40.2 Å². The quantitative estimate of drug-likeness (QED) is 0.822. The molecule has 0 spiro atoms. The van der Waals surface area contributed by atoms with Crippen LogP contribution in [0.2, 0.25) is 5.02 Å². The molecule has 2 aromatic rings. The first-order valence-electron chi connectivity index (χ1n) is 4.85. The molecular weight excluding hydrogens is 258 g/mol. The first kappa shape index (κ1) is 11.9. The Morgan fingerprint density at radius 1 is 1.53 bits per heavy atom. The van der Waals surface area contributed by atoms with Crippen LogP contribution < -0.4 is 11.1 Å². The SMILES string of the molecule is Cc1nc(C(=O)Nc2ccc(N)cc2Cl)cs1. The Morgan fingerprint density at radius 2 is 2.29 bits per heavy atom. The van der Waals surface area contributed by atoms with Crippen LogP contribution >= 0.6 is 22.9 Å². The maximum atomic E-state index is 11.8. The first-order chi connectivity index (χ1) is 8.06. The van der Waals surface area contributed by atoms with Crippen molar-refractivity contribution in [3.8, 4) is 0 Å². The normalized spacial score (nSPS) is 10.2. The molecular formula is C11H10ClN3OS. The van der Waals surface area contributed by atoms with E-state index in [1.54, 1.807) is 23.6 Å². The Kier molecular flexibility index (Phi) is 3.31. The summed E-state index contributed by atoms with van der Waals surface area (Å²) in [5.74, 6) is -0.277. The van der Waals surface area contributed by atoms with Crippen molar-refractivity contribution in [2.45, 2.75) is 6.92 Å². The number of nitrogens with one attached hydrogen (secondary N) is 1. The monoisotopic (exact) mass is 267 g/mol. The van der Waals surface area contributed by atoms with Crippen LogP contribution in [-0.2, 0) is 0 Å². The maximum Gasteiger partial charge on any atom is 0.275 e. The summed E-state index contributed by atoms with van der Waals surface area (Å²) < 4.78 is 0. The molecule has 0 aliphatic rings. The third-order valence-corrected chi connectivity index (χ3v) is 3.18. The fourth-order valence-electron chi connectivity index (χ4n) is 1.29. The summed E-state index contributed by atoms with van der Waals surface area (Å²) in [7, 11) is 0. The lowest BCUT2D eigenvalue weighted by Crippen LogP contribution is -2.12. The minimum Gasteiger partial charge on any atom is -0.399 e. The lowest BCUT2D eigenvalue weighted by molar-refractivity contribution is 0.102. The second-order valence-corrected chi connectivity index (χ2v) is 4.91. The smallest absolute Gasteiger partial charge is 0.275 e. The van der Waals surface area contributed by atoms with Gasteiger partial charge < -0.3 is 11.1 Å². The standard InChI is InChI=1S/C11H10ClN3OS/c1-6-14-10(5-17-6)11(16)15-9-3-2-7(13)4-8(9)12/h2-5H,13H2,1H3,(H,15,16). The van der Waals surface area contributed by atoms with E-state index in [0.29, 0.717) is 22.1 Å². The van der Waals surface area contributed by atoms with Crippen molar-refractivity contribution in [2.75, 3.05) is 11.1 Å². The first-order valence-corrected chi connectivity index (χ1v) is 6.10. The van der Waals surface area contributed by atoms with E-state index in [-0.39, 0.29) is 5.91 Å². The van der Waals surface area contributed by atoms with E-state index in [2.05, 4.69) is 10.3 Å². The van der Waals surface area contributed by atoms with E-state index in [9.17, 15) is 4.79 Å². The van der Waals surface area contributed by atoms with Gasteiger partial charge in [-0.05, 0) is 25.1 Å². The number of aromatic nitrogens is 1. The van der Waals surface area contributed by atoms with Gasteiger partial charge in [0.25, 0.3) is 5.91 Å². The summed E-state index contributed by atoms with van der Waals surface area (Å²) >= 11 is 7.38. The molecule has 1 aromatic carbocycles. The molecule has 0 fully saturated rings. The highest BCUT2D eigenvalue weighted by Gasteiger charge is 2.11. The number of halogens is 1. The molecule has 0 aliphatic heterocycles. The molecule has 0 aliphatic carbocycles. The fraction of sp³-hybridized carbons (Fsp3) is 0.0909. The van der Waals surface area contributed by atoms with Crippen LogP contribution in [0.1, 0.15) is 15.5 Å². The minimum absolute atomic E-state index is 0.277. The largest absolute Gasteiger partial charge is 0.399 e. The predicted molar refractivity (Wildman–Crippen MR) is 70.7 cm³/mol. The molecule has 6 heteroatoms. The third-order valence-electron chi connectivity index (χ3n) is 2.09. The number of nitrogen functional groups attached to an aromatic ring is 1. The summed E-state index contributed by atoms with van der Waals surface area (Å²) in [6, 6.07) is 4.92. The minimum atomic E-state index is -0.277. The molecule has 0 radical (unpaired) electrons. The van der Waals surface area contributed by atoms with Crippen LogP contribution in [0, 0.1) is 6.92 Å². The summed E-state index contributed by atoms with van der Waals surface area (Å²) in [5.41, 5.74) is 7.03. The number of carbonyl (C=O) groups excluding carboxylic acids is 1. The Labute approximate surface area is 107 Å². The van der Waals surface area contributed by atoms with Crippen molar-refractivity contribution in [2.24, 2.45) is 0 Å². The van der Waals surface area contributed by atoms with Crippen LogP contribution in [0.5, 0.6) is 0 Å². The Balaban J connectivity index is 2.18. The van der Waals surface area contributed by atoms with Gasteiger partial charge in [0.05, 0.1) is 15.7 Å². The van der Waals surface area contributed by atoms with Gasteiger partial charge in [0.2, 0.25) is 0 Å². The number of nitrogens with two attached hydrogens (primary N) is 1. The molecule has 4 nitrogen and oxygen atoms in total. The molecule has 1 heterocycles. The van der Waals surface area contributed by atoms with E-state index in [1.807, 2.05) is 6.92 Å². The van der Waals surface area contributed by atoms with Crippen molar-refractivity contribution in [1.29, 1.82) is 0 Å². The maximum absolute atomic E-state index is 11.8. The number of benzene rings is 1. The molecule has 1 aromatic heterocycles. The van der Waals surface area contributed by atoms with Gasteiger partial charge in [-0.2, -0.15) is 0 Å². The molecule has 3 N–H and O–H groups in total. The van der Waals surface area contributed by atoms with Crippen LogP contribution in [0.3, 0.4) is 0 Å². The number of anilines is 2. The van der Waals surface area contributed by atoms with Gasteiger partial charge in [-0.3, -0.25) is 4.79 Å². The summed E-state index contributed by atoms with van der Waals surface area (Å²) in [5, 5.41) is 5.64. The lowest BCUT2D eigenvalue weighted by atomic mass is 10.3. The summed E-state index contributed by atoms with van der Waals surface area (Å²) in [6.07, 6.45) is 0. The highest BCUT2D eigenvalue weighted by atomic mass is 35.5. The Hall–Kier alpha value is -1.59. The topological polar surface area (TPSA) is 68.0 Å². The van der Waals surface area contributed by atoms with Gasteiger partial charge in [0, 0.05) is 11.1 Å². The third kappa shape index (κ3) is 2.75. The van der Waals surface area contributed by atoms with Gasteiger partial charge in [0.15, 0.2) is 0 Å². The Morgan fingerprint density at radius 3 is 2.88 bits per heavy atom. The van der Waals surface area contributed by atoms with E-state index < -0.39 is 0 Å². The zero-order chi connectivity index (χ0) is 12.4. The van der Waals surface area contributed by atoms with Gasteiger partial charge in [-0.25, -0.2) is 4.98 Å². The number of rotatable bonds is 2. The van der Waals surface area contributed by atoms with Crippen LogP contribution in [-0.4, -0.2) is 10.9 Å². The van der Waals surface area contributed by atoms with E-state index >= 15 is 0 Å². The average Bonchev–Trinajstić information content (AvgIpc) is 2.69. The van der Waals surface area contributed by atoms with Crippen molar-refractivity contribution < 1.29 is 4.79 Å². The molecule has 0 unspecified atom stereocenters. The molecule has 0 atom stereocenters. The number of amides is 1.